The number of nitrogens with two attached hydrogens (primary N) is 1. The van der Waals surface area contributed by atoms with Gasteiger partial charge < -0.3 is 21.1 Å². The Kier molecular flexibility index (Phi) is 24.8. The Bertz CT molecular complexity index is 260. The van der Waals surface area contributed by atoms with E-state index < -0.39 is 5.97 Å². The number of aliphatic hydroxyl groups excluding tert-OH is 2. The molecule has 0 aromatic rings. The van der Waals surface area contributed by atoms with Gasteiger partial charge in [0.15, 0.2) is 0 Å². The third kappa shape index (κ3) is 28.4. The summed E-state index contributed by atoms with van der Waals surface area (Å²) in [4.78, 5) is 10.3. The summed E-state index contributed by atoms with van der Waals surface area (Å²) >= 11 is 0. The first-order valence-corrected chi connectivity index (χ1v) is 10.3. The highest BCUT2D eigenvalue weighted by atomic mass is 16.4. The van der Waals surface area contributed by atoms with E-state index in [4.69, 9.17) is 15.9 Å². The Morgan fingerprint density at radius 1 is 0.840 bits per heavy atom. The fourth-order valence-corrected chi connectivity index (χ4v) is 2.67. The molecule has 0 aliphatic heterocycles. The topological polar surface area (TPSA) is 104 Å². The number of carboxylic acids is 1. The molecule has 0 aliphatic carbocycles. The zero-order chi connectivity index (χ0) is 19.2. The van der Waals surface area contributed by atoms with Crippen LogP contribution in [0.15, 0.2) is 0 Å². The normalized spacial score (nSPS) is 11.7. The van der Waals surface area contributed by atoms with Crippen molar-refractivity contribution in [2.75, 3.05) is 13.2 Å². The van der Waals surface area contributed by atoms with Gasteiger partial charge in [-0.15, -0.1) is 0 Å². The number of rotatable bonds is 17. The molecule has 0 saturated heterocycles. The molecule has 25 heavy (non-hydrogen) atoms. The maximum absolute atomic E-state index is 10.3. The van der Waals surface area contributed by atoms with E-state index in [0.29, 0.717) is 13.0 Å². The Balaban J connectivity index is 0. The summed E-state index contributed by atoms with van der Waals surface area (Å²) in [6.07, 6.45) is 16.3. The molecule has 0 radical (unpaired) electrons. The smallest absolute Gasteiger partial charge is 0.303 e. The minimum atomic E-state index is -0.678. The first-order chi connectivity index (χ1) is 12.1. The van der Waals surface area contributed by atoms with E-state index in [0.717, 1.165) is 38.5 Å². The highest BCUT2D eigenvalue weighted by Gasteiger charge is 2.03. The summed E-state index contributed by atoms with van der Waals surface area (Å²) in [7, 11) is 0. The summed E-state index contributed by atoms with van der Waals surface area (Å²) in [6, 6.07) is 0. The Morgan fingerprint density at radius 3 is 1.64 bits per heavy atom. The minimum Gasteiger partial charge on any atom is -0.481 e. The lowest BCUT2D eigenvalue weighted by molar-refractivity contribution is -0.137. The molecule has 5 nitrogen and oxygen atoms in total. The zero-order valence-corrected chi connectivity index (χ0v) is 16.4. The van der Waals surface area contributed by atoms with Crippen molar-refractivity contribution in [2.24, 2.45) is 5.73 Å². The fourth-order valence-electron chi connectivity index (χ4n) is 2.67. The molecule has 0 aliphatic rings. The molecule has 1 unspecified atom stereocenters. The van der Waals surface area contributed by atoms with Crippen LogP contribution >= 0.6 is 0 Å². The second-order valence-corrected chi connectivity index (χ2v) is 6.78. The average molecular weight is 362 g/mol. The van der Waals surface area contributed by atoms with Gasteiger partial charge in [0.1, 0.15) is 0 Å². The van der Waals surface area contributed by atoms with Crippen molar-refractivity contribution >= 4 is 5.97 Å². The summed E-state index contributed by atoms with van der Waals surface area (Å²) < 4.78 is 0. The molecule has 0 rings (SSSR count). The van der Waals surface area contributed by atoms with E-state index in [1.807, 2.05) is 0 Å². The highest BCUT2D eigenvalue weighted by molar-refractivity contribution is 5.66. The molecule has 0 amide bonds. The molecule has 5 heteroatoms. The summed E-state index contributed by atoms with van der Waals surface area (Å²) in [5.41, 5.74) is 4.78. The number of carbonyl (C=O) groups is 1. The lowest BCUT2D eigenvalue weighted by Crippen LogP contribution is -2.05. The van der Waals surface area contributed by atoms with Crippen molar-refractivity contribution in [3.63, 3.8) is 0 Å². The molecule has 0 aromatic heterocycles. The van der Waals surface area contributed by atoms with E-state index in [9.17, 15) is 9.90 Å². The van der Waals surface area contributed by atoms with Crippen molar-refractivity contribution in [3.8, 4) is 0 Å². The summed E-state index contributed by atoms with van der Waals surface area (Å²) in [6.45, 7) is 2.68. The largest absolute Gasteiger partial charge is 0.481 e. The van der Waals surface area contributed by atoms with Crippen LogP contribution in [0.4, 0.5) is 0 Å². The van der Waals surface area contributed by atoms with Gasteiger partial charge in [0.2, 0.25) is 0 Å². The first-order valence-electron chi connectivity index (χ1n) is 10.3. The molecule has 0 fully saturated rings. The second kappa shape index (κ2) is 23.4. The van der Waals surface area contributed by atoms with Crippen molar-refractivity contribution in [1.82, 2.24) is 0 Å². The fraction of sp³-hybridized carbons (Fsp3) is 0.950. The maximum atomic E-state index is 10.3. The van der Waals surface area contributed by atoms with Crippen LogP contribution in [-0.4, -0.2) is 40.5 Å². The molecular formula is C20H43NO4. The van der Waals surface area contributed by atoms with Crippen LogP contribution in [0.25, 0.3) is 0 Å². The van der Waals surface area contributed by atoms with Crippen molar-refractivity contribution in [1.29, 1.82) is 0 Å². The van der Waals surface area contributed by atoms with Crippen LogP contribution < -0.4 is 5.73 Å². The molecular weight excluding hydrogens is 318 g/mol. The van der Waals surface area contributed by atoms with Crippen LogP contribution in [0.2, 0.25) is 0 Å². The van der Waals surface area contributed by atoms with Crippen LogP contribution in [-0.2, 0) is 4.79 Å². The predicted molar refractivity (Wildman–Crippen MR) is 105 cm³/mol. The number of aliphatic carboxylic acids is 1. The maximum Gasteiger partial charge on any atom is 0.303 e. The van der Waals surface area contributed by atoms with Gasteiger partial charge in [0, 0.05) is 13.0 Å². The van der Waals surface area contributed by atoms with Gasteiger partial charge >= 0.3 is 5.97 Å². The molecule has 5 N–H and O–H groups in total. The predicted octanol–water partition coefficient (Wildman–Crippen LogP) is 4.24. The molecule has 0 spiro atoms. The van der Waals surface area contributed by atoms with Crippen LogP contribution in [0, 0.1) is 0 Å². The monoisotopic (exact) mass is 361 g/mol. The summed E-state index contributed by atoms with van der Waals surface area (Å²) in [5.74, 6) is -0.678. The van der Waals surface area contributed by atoms with E-state index in [2.05, 4.69) is 6.92 Å². The van der Waals surface area contributed by atoms with Gasteiger partial charge in [-0.3, -0.25) is 4.79 Å². The molecule has 0 bridgehead atoms. The third-order valence-electron chi connectivity index (χ3n) is 4.20. The van der Waals surface area contributed by atoms with Gasteiger partial charge in [0.05, 0.1) is 12.7 Å². The van der Waals surface area contributed by atoms with Gasteiger partial charge in [0.25, 0.3) is 0 Å². The van der Waals surface area contributed by atoms with Crippen molar-refractivity contribution < 1.29 is 20.1 Å². The van der Waals surface area contributed by atoms with Crippen molar-refractivity contribution in [2.45, 2.75) is 109 Å². The van der Waals surface area contributed by atoms with E-state index in [-0.39, 0.29) is 12.7 Å². The lowest BCUT2D eigenvalue weighted by Gasteiger charge is -2.10. The van der Waals surface area contributed by atoms with Crippen LogP contribution in [0.5, 0.6) is 0 Å². The average Bonchev–Trinajstić information content (AvgIpc) is 2.60. The minimum absolute atomic E-state index is 0.0853. The van der Waals surface area contributed by atoms with Gasteiger partial charge in [-0.25, -0.2) is 0 Å². The number of aliphatic hydroxyl groups is 2. The first kappa shape index (κ1) is 26.6. The second-order valence-electron chi connectivity index (χ2n) is 6.78. The molecule has 0 heterocycles. The Morgan fingerprint density at radius 2 is 1.24 bits per heavy atom. The van der Waals surface area contributed by atoms with E-state index in [1.54, 1.807) is 0 Å². The molecule has 0 aromatic carbocycles. The summed E-state index contributed by atoms with van der Waals surface area (Å²) in [5, 5.41) is 26.1. The number of hydrogen-bond acceptors (Lipinski definition) is 4. The van der Waals surface area contributed by atoms with Gasteiger partial charge in [-0.05, 0) is 19.3 Å². The van der Waals surface area contributed by atoms with Crippen LogP contribution in [0.3, 0.4) is 0 Å². The molecule has 0 saturated carbocycles. The quantitative estimate of drug-likeness (QED) is 0.290. The standard InChI is InChI=1S/C18H36O3.C2H7NO/c1-2-3-4-11-14-17(19)15-12-9-7-5-6-8-10-13-16-18(20)21;3-1-2-4/h17,19H,2-16H2,1H3,(H,20,21);4H,1-3H2. The molecule has 152 valence electrons. The number of carboxylic acid groups (broad SMARTS) is 1. The van der Waals surface area contributed by atoms with E-state index >= 15 is 0 Å². The van der Waals surface area contributed by atoms with Gasteiger partial charge in [-0.1, -0.05) is 77.6 Å². The SMILES string of the molecule is CCCCCCC(O)CCCCCCCCCCC(=O)O.NCCO. The highest BCUT2D eigenvalue weighted by Crippen LogP contribution is 2.14. The van der Waals surface area contributed by atoms with Crippen molar-refractivity contribution in [3.05, 3.63) is 0 Å². The number of unbranched alkanes of at least 4 members (excludes halogenated alkanes) is 10. The van der Waals surface area contributed by atoms with Crippen LogP contribution in [0.1, 0.15) is 103 Å². The Labute approximate surface area is 155 Å². The number of hydrogen-bond donors (Lipinski definition) is 4. The van der Waals surface area contributed by atoms with Gasteiger partial charge in [-0.2, -0.15) is 0 Å². The molecule has 1 atom stereocenters. The van der Waals surface area contributed by atoms with E-state index in [1.165, 1.54) is 51.4 Å². The zero-order valence-electron chi connectivity index (χ0n) is 16.4. The Hall–Kier alpha value is -0.650. The lowest BCUT2D eigenvalue weighted by atomic mass is 10.0. The third-order valence-corrected chi connectivity index (χ3v) is 4.20.